The molecular formula is C13H14FN2O2P. The van der Waals surface area contributed by atoms with Crippen LogP contribution in [0.4, 0.5) is 4.39 Å². The lowest BCUT2D eigenvalue weighted by molar-refractivity contribution is 0.156. The summed E-state index contributed by atoms with van der Waals surface area (Å²) in [5, 5.41) is 1.18. The van der Waals surface area contributed by atoms with Crippen molar-refractivity contribution in [2.45, 2.75) is 6.92 Å². The summed E-state index contributed by atoms with van der Waals surface area (Å²) in [5.74, 6) is 0.0940. The van der Waals surface area contributed by atoms with Gasteiger partial charge in [0.05, 0.1) is 13.2 Å². The molecule has 1 aromatic carbocycles. The van der Waals surface area contributed by atoms with Crippen LogP contribution in [0.5, 0.6) is 0 Å². The zero-order valence-electron chi connectivity index (χ0n) is 10.6. The van der Waals surface area contributed by atoms with Gasteiger partial charge in [-0.2, -0.15) is 0 Å². The second kappa shape index (κ2) is 4.66. The maximum absolute atomic E-state index is 14.1. The smallest absolute Gasteiger partial charge is 0.150 e. The summed E-state index contributed by atoms with van der Waals surface area (Å²) in [6.45, 7) is 2.66. The van der Waals surface area contributed by atoms with Gasteiger partial charge in [0.1, 0.15) is 24.3 Å². The molecule has 0 N–H and O–H groups in total. The third-order valence-corrected chi connectivity index (χ3v) is 6.42. The zero-order valence-corrected chi connectivity index (χ0v) is 11.5. The summed E-state index contributed by atoms with van der Waals surface area (Å²) >= 11 is 0. The average molecular weight is 280 g/mol. The lowest BCUT2D eigenvalue weighted by Crippen LogP contribution is -2.22. The minimum atomic E-state index is -2.53. The Bertz CT molecular complexity index is 680. The molecule has 0 atom stereocenters. The monoisotopic (exact) mass is 280 g/mol. The lowest BCUT2D eigenvalue weighted by atomic mass is 10.2. The Morgan fingerprint density at radius 2 is 2.05 bits per heavy atom. The standard InChI is InChI=1S/C13H14FN2O2P/c1-9-15-8-10-6-11(7-12(14)13(10)16-9)19(17)4-2-18-3-5-19/h6-8H,2-5H2,1H3. The van der Waals surface area contributed by atoms with Gasteiger partial charge in [-0.25, -0.2) is 14.4 Å². The van der Waals surface area contributed by atoms with Gasteiger partial charge in [0, 0.05) is 29.2 Å². The third kappa shape index (κ3) is 2.28. The normalized spacial score (nSPS) is 18.6. The fraction of sp³-hybridized carbons (Fsp3) is 0.385. The van der Waals surface area contributed by atoms with E-state index >= 15 is 0 Å². The van der Waals surface area contributed by atoms with Crippen LogP contribution < -0.4 is 5.30 Å². The third-order valence-electron chi connectivity index (χ3n) is 3.41. The van der Waals surface area contributed by atoms with Gasteiger partial charge >= 0.3 is 0 Å². The van der Waals surface area contributed by atoms with Crippen molar-refractivity contribution in [2.75, 3.05) is 25.5 Å². The topological polar surface area (TPSA) is 52.1 Å². The molecule has 1 aliphatic rings. The minimum absolute atomic E-state index is 0.288. The van der Waals surface area contributed by atoms with Gasteiger partial charge in [0.15, 0.2) is 0 Å². The van der Waals surface area contributed by atoms with Crippen molar-refractivity contribution in [3.63, 3.8) is 0 Å². The molecule has 0 spiro atoms. The Kier molecular flexibility index (Phi) is 3.11. The number of aromatic nitrogens is 2. The zero-order chi connectivity index (χ0) is 13.5. The molecule has 100 valence electrons. The van der Waals surface area contributed by atoms with Gasteiger partial charge in [-0.3, -0.25) is 0 Å². The molecule has 2 heterocycles. The van der Waals surface area contributed by atoms with Crippen LogP contribution in [0, 0.1) is 12.7 Å². The van der Waals surface area contributed by atoms with E-state index in [9.17, 15) is 8.96 Å². The van der Waals surface area contributed by atoms with Crippen LogP contribution in [-0.2, 0) is 9.30 Å². The fourth-order valence-electron chi connectivity index (χ4n) is 2.31. The Morgan fingerprint density at radius 3 is 2.79 bits per heavy atom. The lowest BCUT2D eigenvalue weighted by Gasteiger charge is -2.23. The predicted octanol–water partition coefficient (Wildman–Crippen LogP) is 2.10. The number of halogens is 1. The molecule has 4 nitrogen and oxygen atoms in total. The Morgan fingerprint density at radius 1 is 1.32 bits per heavy atom. The van der Waals surface area contributed by atoms with Gasteiger partial charge in [0.25, 0.3) is 0 Å². The highest BCUT2D eigenvalue weighted by molar-refractivity contribution is 7.71. The summed E-state index contributed by atoms with van der Waals surface area (Å²) in [4.78, 5) is 8.15. The van der Waals surface area contributed by atoms with Gasteiger partial charge in [-0.15, -0.1) is 0 Å². The van der Waals surface area contributed by atoms with Crippen LogP contribution >= 0.6 is 7.14 Å². The van der Waals surface area contributed by atoms with E-state index in [4.69, 9.17) is 4.74 Å². The molecule has 1 aromatic heterocycles. The molecule has 0 bridgehead atoms. The van der Waals surface area contributed by atoms with E-state index in [1.165, 1.54) is 6.07 Å². The number of hydrogen-bond acceptors (Lipinski definition) is 4. The molecule has 1 fully saturated rings. The molecule has 1 saturated heterocycles. The van der Waals surface area contributed by atoms with Crippen LogP contribution in [0.15, 0.2) is 18.3 Å². The molecular weight excluding hydrogens is 266 g/mol. The summed E-state index contributed by atoms with van der Waals surface area (Å²) < 4.78 is 32.1. The van der Waals surface area contributed by atoms with Gasteiger partial charge in [-0.05, 0) is 19.1 Å². The van der Waals surface area contributed by atoms with Crippen LogP contribution in [0.3, 0.4) is 0 Å². The van der Waals surface area contributed by atoms with Crippen molar-refractivity contribution in [3.05, 3.63) is 30.0 Å². The molecule has 0 aliphatic carbocycles. The second-order valence-corrected chi connectivity index (χ2v) is 7.92. The molecule has 0 unspecified atom stereocenters. The van der Waals surface area contributed by atoms with Crippen molar-refractivity contribution < 1.29 is 13.7 Å². The number of benzene rings is 1. The first kappa shape index (κ1) is 12.7. The largest absolute Gasteiger partial charge is 0.380 e. The Balaban J connectivity index is 2.15. The second-order valence-electron chi connectivity index (χ2n) is 4.73. The Labute approximate surface area is 110 Å². The molecule has 3 rings (SSSR count). The predicted molar refractivity (Wildman–Crippen MR) is 72.0 cm³/mol. The van der Waals surface area contributed by atoms with Crippen LogP contribution in [0.1, 0.15) is 5.82 Å². The molecule has 0 amide bonds. The van der Waals surface area contributed by atoms with E-state index in [0.29, 0.717) is 42.1 Å². The van der Waals surface area contributed by atoms with Crippen LogP contribution in [-0.4, -0.2) is 35.5 Å². The first-order chi connectivity index (χ1) is 9.08. The van der Waals surface area contributed by atoms with Crippen molar-refractivity contribution in [1.29, 1.82) is 0 Å². The summed E-state index contributed by atoms with van der Waals surface area (Å²) in [7, 11) is -2.53. The summed E-state index contributed by atoms with van der Waals surface area (Å²) in [6.07, 6.45) is 2.53. The molecule has 2 aromatic rings. The molecule has 0 saturated carbocycles. The van der Waals surface area contributed by atoms with E-state index in [1.807, 2.05) is 0 Å². The van der Waals surface area contributed by atoms with Crippen molar-refractivity contribution >= 4 is 23.3 Å². The fourth-order valence-corrected chi connectivity index (χ4v) is 4.62. The van der Waals surface area contributed by atoms with Crippen LogP contribution in [0.2, 0.25) is 0 Å². The average Bonchev–Trinajstić information content (AvgIpc) is 2.40. The molecule has 1 aliphatic heterocycles. The highest BCUT2D eigenvalue weighted by Gasteiger charge is 2.28. The van der Waals surface area contributed by atoms with Gasteiger partial charge in [-0.1, -0.05) is 0 Å². The highest BCUT2D eigenvalue weighted by atomic mass is 31.2. The molecule has 6 heteroatoms. The number of ether oxygens (including phenoxy) is 1. The quantitative estimate of drug-likeness (QED) is 0.751. The number of rotatable bonds is 1. The molecule has 19 heavy (non-hydrogen) atoms. The van der Waals surface area contributed by atoms with E-state index in [1.54, 1.807) is 19.2 Å². The number of nitrogens with zero attached hydrogens (tertiary/aromatic N) is 2. The first-order valence-corrected chi connectivity index (χ1v) is 8.25. The van der Waals surface area contributed by atoms with E-state index in [-0.39, 0.29) is 5.52 Å². The first-order valence-electron chi connectivity index (χ1n) is 6.18. The van der Waals surface area contributed by atoms with Crippen molar-refractivity contribution in [2.24, 2.45) is 0 Å². The SMILES string of the molecule is Cc1ncc2cc(P3(=O)CCOCC3)cc(F)c2n1. The maximum atomic E-state index is 14.1. The maximum Gasteiger partial charge on any atom is 0.150 e. The summed E-state index contributed by atoms with van der Waals surface area (Å²) in [5.41, 5.74) is 0.288. The Hall–Kier alpha value is -1.32. The van der Waals surface area contributed by atoms with E-state index in [2.05, 4.69) is 9.97 Å². The molecule has 0 radical (unpaired) electrons. The number of fused-ring (bicyclic) bond motifs is 1. The minimum Gasteiger partial charge on any atom is -0.380 e. The number of aryl methyl sites for hydroxylation is 1. The summed E-state index contributed by atoms with van der Waals surface area (Å²) in [6, 6.07) is 3.12. The highest BCUT2D eigenvalue weighted by Crippen LogP contribution is 2.46. The van der Waals surface area contributed by atoms with Gasteiger partial charge < -0.3 is 9.30 Å². The van der Waals surface area contributed by atoms with Crippen molar-refractivity contribution in [3.8, 4) is 0 Å². The van der Waals surface area contributed by atoms with E-state index in [0.717, 1.165) is 0 Å². The van der Waals surface area contributed by atoms with Crippen LogP contribution in [0.25, 0.3) is 10.9 Å². The van der Waals surface area contributed by atoms with Gasteiger partial charge in [0.2, 0.25) is 0 Å². The van der Waals surface area contributed by atoms with E-state index < -0.39 is 13.0 Å². The number of hydrogen-bond donors (Lipinski definition) is 0. The van der Waals surface area contributed by atoms with Crippen molar-refractivity contribution in [1.82, 2.24) is 9.97 Å².